The van der Waals surface area contributed by atoms with Gasteiger partial charge in [-0.2, -0.15) is 5.26 Å². The number of carbonyl (C=O) groups excluding carboxylic acids is 2. The van der Waals surface area contributed by atoms with Gasteiger partial charge in [0, 0.05) is 16.6 Å². The molecule has 0 radical (unpaired) electrons. The molecule has 0 saturated heterocycles. The lowest BCUT2D eigenvalue weighted by Gasteiger charge is -2.09. The molecule has 6 heteroatoms. The van der Waals surface area contributed by atoms with Gasteiger partial charge < -0.3 is 5.32 Å². The number of thiophene rings is 1. The van der Waals surface area contributed by atoms with E-state index in [1.807, 2.05) is 19.1 Å². The summed E-state index contributed by atoms with van der Waals surface area (Å²) in [5.41, 5.74) is 1.97. The average Bonchev–Trinajstić information content (AvgIpc) is 2.95. The molecule has 1 unspecified atom stereocenters. The molecule has 112 valence electrons. The van der Waals surface area contributed by atoms with Crippen LogP contribution < -0.4 is 5.32 Å². The number of carbonyl (C=O) groups is 2. The standard InChI is InChI=1S/C16H13ClN2O2S/c1-2-10-3-5-12(6-4-10)19-16(21)13(8-18)15(20)11-7-14(17)22-9-11/h3-7,9,13H,2H2,1H3,(H,19,21). The lowest BCUT2D eigenvalue weighted by Crippen LogP contribution is -2.28. The van der Waals surface area contributed by atoms with Crippen molar-refractivity contribution < 1.29 is 9.59 Å². The highest BCUT2D eigenvalue weighted by Crippen LogP contribution is 2.22. The van der Waals surface area contributed by atoms with Gasteiger partial charge in [0.2, 0.25) is 5.91 Å². The predicted octanol–water partition coefficient (Wildman–Crippen LogP) is 3.93. The first-order valence-corrected chi connectivity index (χ1v) is 7.88. The van der Waals surface area contributed by atoms with Crippen LogP contribution in [0.25, 0.3) is 0 Å². The number of amides is 1. The smallest absolute Gasteiger partial charge is 0.249 e. The number of Topliss-reactive ketones (excluding diaryl/α,β-unsaturated/α-hetero) is 1. The van der Waals surface area contributed by atoms with E-state index in [0.29, 0.717) is 10.0 Å². The monoisotopic (exact) mass is 332 g/mol. The van der Waals surface area contributed by atoms with Gasteiger partial charge in [-0.15, -0.1) is 11.3 Å². The molecule has 2 aromatic rings. The van der Waals surface area contributed by atoms with Crippen molar-refractivity contribution in [1.82, 2.24) is 0 Å². The van der Waals surface area contributed by atoms with E-state index in [9.17, 15) is 9.59 Å². The van der Waals surface area contributed by atoms with Gasteiger partial charge in [0.1, 0.15) is 0 Å². The maximum absolute atomic E-state index is 12.2. The third-order valence-electron chi connectivity index (χ3n) is 3.14. The Morgan fingerprint density at radius 1 is 1.36 bits per heavy atom. The molecule has 1 heterocycles. The second kappa shape index (κ2) is 7.21. The summed E-state index contributed by atoms with van der Waals surface area (Å²) in [6.07, 6.45) is 0.895. The number of nitrogens with zero attached hydrogens (tertiary/aromatic N) is 1. The molecule has 1 amide bonds. The molecule has 22 heavy (non-hydrogen) atoms. The molecule has 0 aliphatic rings. The van der Waals surface area contributed by atoms with E-state index < -0.39 is 17.6 Å². The summed E-state index contributed by atoms with van der Waals surface area (Å²) >= 11 is 6.96. The van der Waals surface area contributed by atoms with E-state index >= 15 is 0 Å². The quantitative estimate of drug-likeness (QED) is 0.666. The summed E-state index contributed by atoms with van der Waals surface area (Å²) in [7, 11) is 0. The van der Waals surface area contributed by atoms with Crippen molar-refractivity contribution in [3.8, 4) is 6.07 Å². The fourth-order valence-electron chi connectivity index (χ4n) is 1.88. The molecule has 4 nitrogen and oxygen atoms in total. The summed E-state index contributed by atoms with van der Waals surface area (Å²) in [4.78, 5) is 24.3. The lowest BCUT2D eigenvalue weighted by atomic mass is 10.00. The summed E-state index contributed by atoms with van der Waals surface area (Å²) in [5.74, 6) is -2.58. The summed E-state index contributed by atoms with van der Waals surface area (Å²) in [6.45, 7) is 2.03. The Morgan fingerprint density at radius 2 is 2.05 bits per heavy atom. The van der Waals surface area contributed by atoms with Crippen molar-refractivity contribution >= 4 is 40.3 Å². The van der Waals surface area contributed by atoms with Gasteiger partial charge in [0.05, 0.1) is 10.4 Å². The van der Waals surface area contributed by atoms with E-state index in [0.717, 1.165) is 12.0 Å². The molecular formula is C16H13ClN2O2S. The van der Waals surface area contributed by atoms with Crippen LogP contribution in [0.3, 0.4) is 0 Å². The van der Waals surface area contributed by atoms with Crippen LogP contribution in [0.4, 0.5) is 5.69 Å². The molecule has 0 aliphatic carbocycles. The fraction of sp³-hybridized carbons (Fsp3) is 0.188. The third-order valence-corrected chi connectivity index (χ3v) is 4.23. The number of ketones is 1. The van der Waals surface area contributed by atoms with E-state index in [4.69, 9.17) is 16.9 Å². The van der Waals surface area contributed by atoms with Crippen LogP contribution in [0.15, 0.2) is 35.7 Å². The van der Waals surface area contributed by atoms with Crippen LogP contribution in [-0.2, 0) is 11.2 Å². The topological polar surface area (TPSA) is 70.0 Å². The number of nitriles is 1. The first-order chi connectivity index (χ1) is 10.5. The minimum Gasteiger partial charge on any atom is -0.325 e. The van der Waals surface area contributed by atoms with E-state index in [1.165, 1.54) is 17.4 Å². The second-order valence-electron chi connectivity index (χ2n) is 4.61. The number of nitrogens with one attached hydrogen (secondary N) is 1. The van der Waals surface area contributed by atoms with Crippen molar-refractivity contribution in [1.29, 1.82) is 5.26 Å². The summed E-state index contributed by atoms with van der Waals surface area (Å²) in [6, 6.07) is 10.5. The number of aryl methyl sites for hydroxylation is 1. The molecule has 1 aromatic heterocycles. The van der Waals surface area contributed by atoms with Crippen molar-refractivity contribution in [2.75, 3.05) is 5.32 Å². The number of hydrogen-bond donors (Lipinski definition) is 1. The first kappa shape index (κ1) is 16.2. The van der Waals surface area contributed by atoms with Crippen LogP contribution in [0.1, 0.15) is 22.8 Å². The van der Waals surface area contributed by atoms with Crippen LogP contribution >= 0.6 is 22.9 Å². The van der Waals surface area contributed by atoms with Crippen molar-refractivity contribution in [2.45, 2.75) is 13.3 Å². The molecule has 1 N–H and O–H groups in total. The van der Waals surface area contributed by atoms with Crippen molar-refractivity contribution in [3.63, 3.8) is 0 Å². The number of hydrogen-bond acceptors (Lipinski definition) is 4. The average molecular weight is 333 g/mol. The van der Waals surface area contributed by atoms with Gasteiger partial charge in [-0.1, -0.05) is 30.7 Å². The highest BCUT2D eigenvalue weighted by atomic mass is 35.5. The number of benzene rings is 1. The van der Waals surface area contributed by atoms with Crippen molar-refractivity contribution in [3.05, 3.63) is 51.2 Å². The highest BCUT2D eigenvalue weighted by molar-refractivity contribution is 7.14. The number of anilines is 1. The lowest BCUT2D eigenvalue weighted by molar-refractivity contribution is -0.117. The Hall–Kier alpha value is -2.16. The minimum atomic E-state index is -1.39. The van der Waals surface area contributed by atoms with Crippen LogP contribution in [0, 0.1) is 17.2 Å². The molecule has 1 atom stereocenters. The van der Waals surface area contributed by atoms with Gasteiger partial charge in [0.15, 0.2) is 11.7 Å². The molecule has 1 aromatic carbocycles. The summed E-state index contributed by atoms with van der Waals surface area (Å²) < 4.78 is 0.440. The molecule has 0 aliphatic heterocycles. The SMILES string of the molecule is CCc1ccc(NC(=O)C(C#N)C(=O)c2csc(Cl)c2)cc1. The zero-order valence-corrected chi connectivity index (χ0v) is 13.4. The maximum Gasteiger partial charge on any atom is 0.249 e. The first-order valence-electron chi connectivity index (χ1n) is 6.62. The largest absolute Gasteiger partial charge is 0.325 e. The van der Waals surface area contributed by atoms with Crippen molar-refractivity contribution in [2.24, 2.45) is 5.92 Å². The number of rotatable bonds is 5. The molecule has 0 spiro atoms. The Bertz CT molecular complexity index is 731. The summed E-state index contributed by atoms with van der Waals surface area (Å²) in [5, 5.41) is 13.3. The van der Waals surface area contributed by atoms with E-state index in [1.54, 1.807) is 23.6 Å². The number of halogens is 1. The van der Waals surface area contributed by atoms with Crippen LogP contribution in [0.5, 0.6) is 0 Å². The maximum atomic E-state index is 12.2. The van der Waals surface area contributed by atoms with Crippen LogP contribution in [0.2, 0.25) is 4.34 Å². The zero-order chi connectivity index (χ0) is 16.1. The fourth-order valence-corrected chi connectivity index (χ4v) is 2.75. The Morgan fingerprint density at radius 3 is 2.55 bits per heavy atom. The normalized spacial score (nSPS) is 11.5. The zero-order valence-electron chi connectivity index (χ0n) is 11.8. The highest BCUT2D eigenvalue weighted by Gasteiger charge is 2.28. The minimum absolute atomic E-state index is 0.276. The van der Waals surface area contributed by atoms with Gasteiger partial charge in [-0.05, 0) is 30.2 Å². The van der Waals surface area contributed by atoms with Gasteiger partial charge >= 0.3 is 0 Å². The Kier molecular flexibility index (Phi) is 5.31. The van der Waals surface area contributed by atoms with Gasteiger partial charge in [-0.25, -0.2) is 0 Å². The van der Waals surface area contributed by atoms with Crippen LogP contribution in [-0.4, -0.2) is 11.7 Å². The predicted molar refractivity (Wildman–Crippen MR) is 87.2 cm³/mol. The Balaban J connectivity index is 2.11. The molecule has 0 saturated carbocycles. The molecule has 2 rings (SSSR count). The van der Waals surface area contributed by atoms with Gasteiger partial charge in [0.25, 0.3) is 0 Å². The van der Waals surface area contributed by atoms with Gasteiger partial charge in [-0.3, -0.25) is 9.59 Å². The molecular weight excluding hydrogens is 320 g/mol. The molecule has 0 fully saturated rings. The van der Waals surface area contributed by atoms with E-state index in [-0.39, 0.29) is 5.56 Å². The second-order valence-corrected chi connectivity index (χ2v) is 6.15. The molecule has 0 bridgehead atoms. The Labute approximate surface area is 137 Å². The van der Waals surface area contributed by atoms with E-state index in [2.05, 4.69) is 5.32 Å². The third kappa shape index (κ3) is 3.73.